The molecular weight excluding hydrogens is 270 g/mol. The quantitative estimate of drug-likeness (QED) is 0.494. The highest BCUT2D eigenvalue weighted by molar-refractivity contribution is 5.74. The van der Waals surface area contributed by atoms with Crippen molar-refractivity contribution in [1.82, 2.24) is 9.55 Å². The Labute approximate surface area is 139 Å². The van der Waals surface area contributed by atoms with Gasteiger partial charge in [0.05, 0.1) is 11.3 Å². The van der Waals surface area contributed by atoms with Crippen LogP contribution in [0.4, 0.5) is 0 Å². The molecular formula is C19H20N3+. The van der Waals surface area contributed by atoms with Crippen molar-refractivity contribution in [2.45, 2.75) is 27.0 Å². The Hall–Kier alpha value is -2.42. The summed E-state index contributed by atoms with van der Waals surface area (Å²) in [6, 6.07) is 5.12. The molecule has 4 rings (SSSR count). The van der Waals surface area contributed by atoms with Gasteiger partial charge in [-0.2, -0.15) is 0 Å². The van der Waals surface area contributed by atoms with Gasteiger partial charge in [0, 0.05) is 38.7 Å². The second kappa shape index (κ2) is 4.54. The molecule has 0 saturated heterocycles. The summed E-state index contributed by atoms with van der Waals surface area (Å²) >= 11 is 0. The standard InChI is InChI=1S/C19H20N3/c1-12-5-6-16(21(4)11-12)18-13(2)9-14(3)19-15(18)10-17-20-7-8-22(17)19/h5-9,11H,10H2,1-4H3/q+1/i1D3,3D3. The zero-order chi connectivity index (χ0) is 20.4. The van der Waals surface area contributed by atoms with E-state index in [1.165, 1.54) is 0 Å². The zero-order valence-corrected chi connectivity index (χ0v) is 12.5. The van der Waals surface area contributed by atoms with E-state index in [-0.39, 0.29) is 5.56 Å². The molecule has 3 nitrogen and oxygen atoms in total. The first-order valence-electron chi connectivity index (χ1n) is 10.2. The predicted molar refractivity (Wildman–Crippen MR) is 87.2 cm³/mol. The molecule has 0 unspecified atom stereocenters. The minimum atomic E-state index is -2.24. The number of hydrogen-bond acceptors (Lipinski definition) is 1. The van der Waals surface area contributed by atoms with Gasteiger partial charge in [0.2, 0.25) is 5.69 Å². The van der Waals surface area contributed by atoms with Gasteiger partial charge in [-0.3, -0.25) is 0 Å². The Balaban J connectivity index is 1.99. The molecule has 0 fully saturated rings. The van der Waals surface area contributed by atoms with E-state index in [1.807, 2.05) is 18.5 Å². The summed E-state index contributed by atoms with van der Waals surface area (Å²) in [5.41, 5.74) is 4.74. The molecule has 22 heavy (non-hydrogen) atoms. The third-order valence-corrected chi connectivity index (χ3v) is 4.28. The molecule has 110 valence electrons. The number of aryl methyl sites for hydroxylation is 4. The molecule has 3 heteroatoms. The van der Waals surface area contributed by atoms with Crippen molar-refractivity contribution in [3.63, 3.8) is 0 Å². The Kier molecular flexibility index (Phi) is 1.71. The highest BCUT2D eigenvalue weighted by Crippen LogP contribution is 2.38. The van der Waals surface area contributed by atoms with Crippen LogP contribution in [0.5, 0.6) is 0 Å². The maximum atomic E-state index is 7.98. The summed E-state index contributed by atoms with van der Waals surface area (Å²) < 4.78 is 50.4. The molecule has 1 aliphatic rings. The highest BCUT2D eigenvalue weighted by Gasteiger charge is 2.28. The van der Waals surface area contributed by atoms with E-state index in [9.17, 15) is 0 Å². The van der Waals surface area contributed by atoms with Crippen molar-refractivity contribution in [3.8, 4) is 16.9 Å². The van der Waals surface area contributed by atoms with Crippen molar-refractivity contribution in [2.24, 2.45) is 7.05 Å². The summed E-state index contributed by atoms with van der Waals surface area (Å²) in [7, 11) is 1.81. The van der Waals surface area contributed by atoms with Crippen molar-refractivity contribution in [1.29, 1.82) is 0 Å². The molecule has 3 heterocycles. The van der Waals surface area contributed by atoms with Crippen LogP contribution in [-0.4, -0.2) is 9.55 Å². The lowest BCUT2D eigenvalue weighted by atomic mass is 9.93. The van der Waals surface area contributed by atoms with Gasteiger partial charge in [-0.05, 0) is 43.4 Å². The number of imidazole rings is 1. The van der Waals surface area contributed by atoms with Crippen molar-refractivity contribution in [3.05, 3.63) is 64.9 Å². The van der Waals surface area contributed by atoms with Gasteiger partial charge in [0.25, 0.3) is 0 Å². The minimum Gasteiger partial charge on any atom is -0.303 e. The fourth-order valence-electron chi connectivity index (χ4n) is 3.37. The molecule has 0 saturated carbocycles. The number of nitrogens with zero attached hydrogens (tertiary/aromatic N) is 3. The van der Waals surface area contributed by atoms with Crippen LogP contribution in [0, 0.1) is 20.6 Å². The molecule has 1 aromatic carbocycles. The number of hydrogen-bond donors (Lipinski definition) is 0. The van der Waals surface area contributed by atoms with Gasteiger partial charge >= 0.3 is 0 Å². The van der Waals surface area contributed by atoms with E-state index in [2.05, 4.69) is 4.98 Å². The van der Waals surface area contributed by atoms with Crippen LogP contribution in [0.1, 0.15) is 36.3 Å². The molecule has 0 atom stereocenters. The molecule has 0 amide bonds. The summed E-state index contributed by atoms with van der Waals surface area (Å²) in [6.07, 6.45) is 5.60. The van der Waals surface area contributed by atoms with Crippen molar-refractivity contribution in [2.75, 3.05) is 0 Å². The number of fused-ring (bicyclic) bond motifs is 3. The van der Waals surface area contributed by atoms with E-state index < -0.39 is 13.7 Å². The number of aromatic nitrogens is 3. The summed E-state index contributed by atoms with van der Waals surface area (Å²) in [6.45, 7) is -2.53. The first-order valence-corrected chi connectivity index (χ1v) is 7.18. The molecule has 0 aliphatic carbocycles. The Morgan fingerprint density at radius 3 is 2.95 bits per heavy atom. The normalized spacial score (nSPS) is 17.5. The maximum Gasteiger partial charge on any atom is 0.212 e. The third kappa shape index (κ3) is 1.75. The van der Waals surface area contributed by atoms with Gasteiger partial charge in [-0.25, -0.2) is 9.55 Å². The van der Waals surface area contributed by atoms with Crippen LogP contribution in [0.15, 0.2) is 36.8 Å². The highest BCUT2D eigenvalue weighted by atomic mass is 15.1. The van der Waals surface area contributed by atoms with Gasteiger partial charge in [0.15, 0.2) is 6.20 Å². The average Bonchev–Trinajstić information content (AvgIpc) is 3.14. The van der Waals surface area contributed by atoms with E-state index >= 15 is 0 Å². The Morgan fingerprint density at radius 1 is 1.27 bits per heavy atom. The minimum absolute atomic E-state index is 0.264. The lowest BCUT2D eigenvalue weighted by Gasteiger charge is -2.14. The first kappa shape index (κ1) is 8.28. The summed E-state index contributed by atoms with van der Waals surface area (Å²) in [5.74, 6) is 0.800. The van der Waals surface area contributed by atoms with E-state index in [0.29, 0.717) is 17.7 Å². The van der Waals surface area contributed by atoms with Crippen LogP contribution >= 0.6 is 0 Å². The largest absolute Gasteiger partial charge is 0.303 e. The molecule has 0 bridgehead atoms. The fourth-order valence-corrected chi connectivity index (χ4v) is 3.37. The molecule has 0 N–H and O–H groups in total. The van der Waals surface area contributed by atoms with Crippen LogP contribution in [0.2, 0.25) is 0 Å². The molecule has 3 aromatic rings. The SMILES string of the molecule is [2H]C([2H])([2H])c1ccc(-c2c(C)cc(C([2H])([2H])[2H])c3c2Cc2nccn2-3)[n+](C)c1. The molecule has 2 aromatic heterocycles. The lowest BCUT2D eigenvalue weighted by molar-refractivity contribution is -0.660. The van der Waals surface area contributed by atoms with Crippen LogP contribution in [0.25, 0.3) is 16.9 Å². The fraction of sp³-hybridized carbons (Fsp3) is 0.263. The second-order valence-corrected chi connectivity index (χ2v) is 5.75. The zero-order valence-electron chi connectivity index (χ0n) is 18.5. The van der Waals surface area contributed by atoms with Gasteiger partial charge in [-0.15, -0.1) is 0 Å². The predicted octanol–water partition coefficient (Wildman–Crippen LogP) is 3.19. The maximum absolute atomic E-state index is 7.98. The molecule has 0 spiro atoms. The van der Waals surface area contributed by atoms with Crippen LogP contribution in [0.3, 0.4) is 0 Å². The third-order valence-electron chi connectivity index (χ3n) is 4.28. The number of benzene rings is 1. The second-order valence-electron chi connectivity index (χ2n) is 5.75. The number of pyridine rings is 1. The lowest BCUT2D eigenvalue weighted by Crippen LogP contribution is -2.31. The molecule has 1 aliphatic heterocycles. The smallest absolute Gasteiger partial charge is 0.212 e. The topological polar surface area (TPSA) is 21.7 Å². The Morgan fingerprint density at radius 2 is 2.18 bits per heavy atom. The number of rotatable bonds is 1. The first-order chi connectivity index (χ1) is 13.0. The van der Waals surface area contributed by atoms with Crippen molar-refractivity contribution < 1.29 is 12.8 Å². The van der Waals surface area contributed by atoms with Crippen LogP contribution < -0.4 is 4.57 Å². The summed E-state index contributed by atoms with van der Waals surface area (Å²) in [4.78, 5) is 4.37. The van der Waals surface area contributed by atoms with Gasteiger partial charge in [-0.1, -0.05) is 6.07 Å². The summed E-state index contributed by atoms with van der Waals surface area (Å²) in [5, 5.41) is 0. The monoisotopic (exact) mass is 296 g/mol. The van der Waals surface area contributed by atoms with E-state index in [1.54, 1.807) is 41.4 Å². The van der Waals surface area contributed by atoms with Crippen molar-refractivity contribution >= 4 is 0 Å². The Bertz CT molecular complexity index is 1090. The van der Waals surface area contributed by atoms with Crippen LogP contribution in [-0.2, 0) is 13.5 Å². The average molecular weight is 296 g/mol. The van der Waals surface area contributed by atoms with E-state index in [4.69, 9.17) is 8.22 Å². The molecule has 0 radical (unpaired) electrons. The van der Waals surface area contributed by atoms with E-state index in [0.717, 1.165) is 28.2 Å². The van der Waals surface area contributed by atoms with Gasteiger partial charge in [0.1, 0.15) is 12.9 Å². The van der Waals surface area contributed by atoms with Gasteiger partial charge < -0.3 is 4.57 Å².